The van der Waals surface area contributed by atoms with Gasteiger partial charge in [0.05, 0.1) is 23.7 Å². The molecule has 4 rings (SSSR count). The molecule has 0 aliphatic heterocycles. The molecule has 1 atom stereocenters. The first-order chi connectivity index (χ1) is 17.9. The second-order valence-corrected chi connectivity index (χ2v) is 8.57. The Hall–Kier alpha value is -4.57. The van der Waals surface area contributed by atoms with Gasteiger partial charge in [-0.15, -0.1) is 5.10 Å². The van der Waals surface area contributed by atoms with Gasteiger partial charge in [-0.25, -0.2) is 9.97 Å². The summed E-state index contributed by atoms with van der Waals surface area (Å²) >= 11 is 6.14. The number of hydrogen-bond donors (Lipinski definition) is 1. The predicted octanol–water partition coefficient (Wildman–Crippen LogP) is 2.86. The summed E-state index contributed by atoms with van der Waals surface area (Å²) in [5.74, 6) is -0.632. The average molecular weight is 516 g/mol. The van der Waals surface area contributed by atoms with Gasteiger partial charge >= 0.3 is 0 Å². The van der Waals surface area contributed by atoms with Crippen molar-refractivity contribution in [3.05, 3.63) is 101 Å². The minimum Gasteiger partial charge on any atom is -0.342 e. The van der Waals surface area contributed by atoms with Crippen LogP contribution in [0.15, 0.2) is 73.3 Å². The van der Waals surface area contributed by atoms with Crippen LogP contribution in [0.25, 0.3) is 11.8 Å². The summed E-state index contributed by atoms with van der Waals surface area (Å²) in [6, 6.07) is 13.6. The highest BCUT2D eigenvalue weighted by Crippen LogP contribution is 2.20. The third kappa shape index (κ3) is 6.98. The van der Waals surface area contributed by atoms with Gasteiger partial charge in [-0.1, -0.05) is 41.9 Å². The molecule has 4 aromatic rings. The predicted molar refractivity (Wildman–Crippen MR) is 136 cm³/mol. The molecule has 0 aliphatic rings. The van der Waals surface area contributed by atoms with Crippen molar-refractivity contribution in [2.24, 2.45) is 0 Å². The standard InChI is InChI=1S/C26H22ClN7O3/c1-17(35)20-14-28-25(29-15-20)13-24(36)22(11-18-5-3-2-4-6-18)31-26(37)10-7-19-12-21(27)8-9-23(19)34-16-30-32-33-34/h2-10,12,14-16,22H,11,13H2,1H3,(H,31,37)/b10-7+/t22-/m0/s1. The number of carbonyl (C=O) groups excluding carboxylic acids is 3. The SMILES string of the molecule is CC(=O)c1cnc(CC(=O)[C@H](Cc2ccccc2)NC(=O)/C=C/c2cc(Cl)ccc2-n2cnnn2)nc1. The van der Waals surface area contributed by atoms with Crippen LogP contribution in [0.1, 0.15) is 34.2 Å². The lowest BCUT2D eigenvalue weighted by atomic mass is 10.00. The van der Waals surface area contributed by atoms with Gasteiger partial charge in [0.1, 0.15) is 12.2 Å². The summed E-state index contributed by atoms with van der Waals surface area (Å²) in [6.07, 6.45) is 7.29. The molecule has 0 spiro atoms. The number of hydrogen-bond acceptors (Lipinski definition) is 8. The van der Waals surface area contributed by atoms with Gasteiger partial charge in [0.15, 0.2) is 11.6 Å². The van der Waals surface area contributed by atoms with Crippen LogP contribution in [-0.2, 0) is 22.4 Å². The first-order valence-electron chi connectivity index (χ1n) is 11.3. The number of tetrazole rings is 1. The van der Waals surface area contributed by atoms with E-state index in [-0.39, 0.29) is 30.2 Å². The maximum atomic E-state index is 13.2. The van der Waals surface area contributed by atoms with Crippen molar-refractivity contribution in [3.8, 4) is 5.69 Å². The van der Waals surface area contributed by atoms with Crippen molar-refractivity contribution < 1.29 is 14.4 Å². The molecule has 1 N–H and O–H groups in total. The summed E-state index contributed by atoms with van der Waals surface area (Å²) in [6.45, 7) is 1.41. The zero-order valence-corrected chi connectivity index (χ0v) is 20.5. The van der Waals surface area contributed by atoms with E-state index < -0.39 is 11.9 Å². The monoisotopic (exact) mass is 515 g/mol. The number of amides is 1. The van der Waals surface area contributed by atoms with E-state index in [4.69, 9.17) is 11.6 Å². The molecule has 2 aromatic carbocycles. The van der Waals surface area contributed by atoms with E-state index in [0.29, 0.717) is 21.8 Å². The fourth-order valence-corrected chi connectivity index (χ4v) is 3.71. The molecule has 0 bridgehead atoms. The van der Waals surface area contributed by atoms with E-state index in [9.17, 15) is 14.4 Å². The fraction of sp³-hybridized carbons (Fsp3) is 0.154. The van der Waals surface area contributed by atoms with Gasteiger partial charge in [-0.05, 0) is 53.6 Å². The number of Topliss-reactive ketones (excluding diaryl/α,β-unsaturated/α-hetero) is 2. The van der Waals surface area contributed by atoms with Crippen LogP contribution in [0, 0.1) is 0 Å². The lowest BCUT2D eigenvalue weighted by Crippen LogP contribution is -2.42. The van der Waals surface area contributed by atoms with Crippen molar-refractivity contribution in [2.75, 3.05) is 0 Å². The third-order valence-corrected chi connectivity index (χ3v) is 5.67. The Balaban J connectivity index is 1.51. The van der Waals surface area contributed by atoms with E-state index in [0.717, 1.165) is 5.56 Å². The van der Waals surface area contributed by atoms with Gasteiger partial charge < -0.3 is 5.32 Å². The quantitative estimate of drug-likeness (QED) is 0.252. The van der Waals surface area contributed by atoms with E-state index in [1.54, 1.807) is 24.3 Å². The number of benzene rings is 2. The highest BCUT2D eigenvalue weighted by atomic mass is 35.5. The molecule has 2 aromatic heterocycles. The van der Waals surface area contributed by atoms with Crippen molar-refractivity contribution in [1.29, 1.82) is 0 Å². The van der Waals surface area contributed by atoms with E-state index in [1.165, 1.54) is 36.4 Å². The Labute approximate surface area is 217 Å². The van der Waals surface area contributed by atoms with Crippen molar-refractivity contribution in [1.82, 2.24) is 35.5 Å². The Morgan fingerprint density at radius 2 is 1.84 bits per heavy atom. The highest BCUT2D eigenvalue weighted by molar-refractivity contribution is 6.30. The molecule has 0 fully saturated rings. The van der Waals surface area contributed by atoms with E-state index in [2.05, 4.69) is 30.8 Å². The van der Waals surface area contributed by atoms with Gasteiger partial charge in [0.2, 0.25) is 5.91 Å². The largest absolute Gasteiger partial charge is 0.342 e. The highest BCUT2D eigenvalue weighted by Gasteiger charge is 2.22. The maximum absolute atomic E-state index is 13.2. The topological polar surface area (TPSA) is 133 Å². The Bertz CT molecular complexity index is 1420. The van der Waals surface area contributed by atoms with Crippen LogP contribution in [0.5, 0.6) is 0 Å². The van der Waals surface area contributed by atoms with Crippen LogP contribution in [0.3, 0.4) is 0 Å². The molecule has 0 unspecified atom stereocenters. The van der Waals surface area contributed by atoms with Gasteiger partial charge in [-0.2, -0.15) is 4.68 Å². The van der Waals surface area contributed by atoms with Gasteiger partial charge in [0.25, 0.3) is 0 Å². The normalized spacial score (nSPS) is 11.8. The van der Waals surface area contributed by atoms with Crippen molar-refractivity contribution >= 4 is 35.2 Å². The zero-order chi connectivity index (χ0) is 26.2. The van der Waals surface area contributed by atoms with Crippen LogP contribution >= 0.6 is 11.6 Å². The number of rotatable bonds is 10. The summed E-state index contributed by atoms with van der Waals surface area (Å²) in [5.41, 5.74) is 2.48. The van der Waals surface area contributed by atoms with E-state index in [1.807, 2.05) is 30.3 Å². The summed E-state index contributed by atoms with van der Waals surface area (Å²) < 4.78 is 1.45. The summed E-state index contributed by atoms with van der Waals surface area (Å²) in [5, 5.41) is 14.4. The Morgan fingerprint density at radius 1 is 1.08 bits per heavy atom. The molecule has 2 heterocycles. The summed E-state index contributed by atoms with van der Waals surface area (Å²) in [4.78, 5) is 45.7. The molecular weight excluding hydrogens is 494 g/mol. The van der Waals surface area contributed by atoms with Crippen LogP contribution in [0.4, 0.5) is 0 Å². The maximum Gasteiger partial charge on any atom is 0.244 e. The molecule has 0 radical (unpaired) electrons. The van der Waals surface area contributed by atoms with Crippen molar-refractivity contribution in [3.63, 3.8) is 0 Å². The number of aromatic nitrogens is 6. The Morgan fingerprint density at radius 3 is 2.51 bits per heavy atom. The molecule has 11 heteroatoms. The lowest BCUT2D eigenvalue weighted by molar-refractivity contribution is -0.125. The smallest absolute Gasteiger partial charge is 0.244 e. The summed E-state index contributed by atoms with van der Waals surface area (Å²) in [7, 11) is 0. The molecule has 10 nitrogen and oxygen atoms in total. The molecular formula is C26H22ClN7O3. The first-order valence-corrected chi connectivity index (χ1v) is 11.7. The van der Waals surface area contributed by atoms with Gasteiger partial charge in [-0.3, -0.25) is 14.4 Å². The number of nitrogens with zero attached hydrogens (tertiary/aromatic N) is 6. The third-order valence-electron chi connectivity index (χ3n) is 5.43. The second kappa shape index (κ2) is 11.9. The minimum absolute atomic E-state index is 0.0998. The number of nitrogens with one attached hydrogen (secondary N) is 1. The number of ketones is 2. The number of carbonyl (C=O) groups is 3. The molecule has 0 aliphatic carbocycles. The number of halogens is 1. The Kier molecular flexibility index (Phi) is 8.22. The first kappa shape index (κ1) is 25.5. The lowest BCUT2D eigenvalue weighted by Gasteiger charge is -2.17. The van der Waals surface area contributed by atoms with Gasteiger partial charge in [0, 0.05) is 29.1 Å². The molecule has 0 saturated carbocycles. The van der Waals surface area contributed by atoms with Crippen LogP contribution in [-0.4, -0.2) is 53.7 Å². The fourth-order valence-electron chi connectivity index (χ4n) is 3.53. The van der Waals surface area contributed by atoms with Crippen LogP contribution in [0.2, 0.25) is 5.02 Å². The molecule has 37 heavy (non-hydrogen) atoms. The zero-order valence-electron chi connectivity index (χ0n) is 19.8. The molecule has 1 amide bonds. The second-order valence-electron chi connectivity index (χ2n) is 8.13. The van der Waals surface area contributed by atoms with Crippen LogP contribution < -0.4 is 5.32 Å². The minimum atomic E-state index is -0.825. The average Bonchev–Trinajstić information content (AvgIpc) is 3.43. The van der Waals surface area contributed by atoms with Crippen molar-refractivity contribution in [2.45, 2.75) is 25.8 Å². The molecule has 0 saturated heterocycles. The molecule has 186 valence electrons. The van der Waals surface area contributed by atoms with E-state index >= 15 is 0 Å².